The number of fused-ring (bicyclic) bond motifs is 1. The Labute approximate surface area is 174 Å². The lowest BCUT2D eigenvalue weighted by molar-refractivity contribution is -0.156. The van der Waals surface area contributed by atoms with Gasteiger partial charge >= 0.3 is 5.97 Å². The third kappa shape index (κ3) is 5.28. The molecule has 30 heavy (non-hydrogen) atoms. The molecule has 0 aromatic heterocycles. The molecule has 0 fully saturated rings. The SMILES string of the molecule is C[C@@H](OC(=O)COc1cccc2c1OC(C)(C)C2)C(=O)NNC(=O)c1ccccc1. The van der Waals surface area contributed by atoms with Gasteiger partial charge in [0.25, 0.3) is 11.8 Å². The summed E-state index contributed by atoms with van der Waals surface area (Å²) < 4.78 is 16.5. The van der Waals surface area contributed by atoms with Crippen LogP contribution in [0.25, 0.3) is 0 Å². The van der Waals surface area contributed by atoms with Gasteiger partial charge in [-0.15, -0.1) is 0 Å². The molecule has 0 saturated heterocycles. The van der Waals surface area contributed by atoms with E-state index in [1.807, 2.05) is 26.0 Å². The summed E-state index contributed by atoms with van der Waals surface area (Å²) in [6.45, 7) is 4.96. The van der Waals surface area contributed by atoms with Gasteiger partial charge in [-0.25, -0.2) is 4.79 Å². The fourth-order valence-corrected chi connectivity index (χ4v) is 3.00. The van der Waals surface area contributed by atoms with Crippen LogP contribution < -0.4 is 20.3 Å². The van der Waals surface area contributed by atoms with E-state index < -0.39 is 23.9 Å². The van der Waals surface area contributed by atoms with Crippen LogP contribution in [0.4, 0.5) is 0 Å². The van der Waals surface area contributed by atoms with Crippen LogP contribution in [-0.4, -0.2) is 36.1 Å². The maximum Gasteiger partial charge on any atom is 0.344 e. The smallest absolute Gasteiger partial charge is 0.344 e. The maximum absolute atomic E-state index is 12.1. The van der Waals surface area contributed by atoms with Gasteiger partial charge in [0.1, 0.15) is 5.60 Å². The van der Waals surface area contributed by atoms with Gasteiger partial charge in [0.15, 0.2) is 24.2 Å². The third-order valence-corrected chi connectivity index (χ3v) is 4.41. The molecule has 0 bridgehead atoms. The monoisotopic (exact) mass is 412 g/mol. The van der Waals surface area contributed by atoms with E-state index in [2.05, 4.69) is 10.9 Å². The van der Waals surface area contributed by atoms with Gasteiger partial charge in [-0.1, -0.05) is 30.3 Å². The van der Waals surface area contributed by atoms with Gasteiger partial charge in [0.05, 0.1) is 0 Å². The van der Waals surface area contributed by atoms with E-state index in [-0.39, 0.29) is 12.2 Å². The zero-order valence-corrected chi connectivity index (χ0v) is 17.1. The first-order valence-electron chi connectivity index (χ1n) is 9.53. The number of carbonyl (C=O) groups is 3. The van der Waals surface area contributed by atoms with Crippen molar-refractivity contribution in [3.05, 3.63) is 59.7 Å². The van der Waals surface area contributed by atoms with Crippen molar-refractivity contribution in [2.45, 2.75) is 38.9 Å². The predicted octanol–water partition coefficient (Wildman–Crippen LogP) is 2.17. The number of para-hydroxylation sites is 1. The van der Waals surface area contributed by atoms with Crippen molar-refractivity contribution in [1.82, 2.24) is 10.9 Å². The minimum Gasteiger partial charge on any atom is -0.483 e. The Morgan fingerprint density at radius 1 is 1.07 bits per heavy atom. The lowest BCUT2D eigenvalue weighted by atomic mass is 10.0. The van der Waals surface area contributed by atoms with Crippen molar-refractivity contribution >= 4 is 17.8 Å². The van der Waals surface area contributed by atoms with E-state index in [4.69, 9.17) is 14.2 Å². The molecule has 0 aliphatic carbocycles. The second-order valence-corrected chi connectivity index (χ2v) is 7.51. The summed E-state index contributed by atoms with van der Waals surface area (Å²) in [4.78, 5) is 36.0. The van der Waals surface area contributed by atoms with E-state index in [1.54, 1.807) is 36.4 Å². The van der Waals surface area contributed by atoms with Crippen molar-refractivity contribution in [1.29, 1.82) is 0 Å². The number of hydrogen-bond acceptors (Lipinski definition) is 6. The molecule has 1 aliphatic heterocycles. The normalized spacial score (nSPS) is 14.6. The molecule has 0 unspecified atom stereocenters. The van der Waals surface area contributed by atoms with Crippen LogP contribution in [0.5, 0.6) is 11.5 Å². The molecule has 8 heteroatoms. The van der Waals surface area contributed by atoms with Gasteiger partial charge in [0.2, 0.25) is 0 Å². The summed E-state index contributed by atoms with van der Waals surface area (Å²) in [7, 11) is 0. The molecule has 2 N–H and O–H groups in total. The second kappa shape index (κ2) is 8.86. The molecule has 8 nitrogen and oxygen atoms in total. The zero-order valence-electron chi connectivity index (χ0n) is 17.1. The molecule has 0 radical (unpaired) electrons. The molecule has 0 spiro atoms. The van der Waals surface area contributed by atoms with Crippen LogP contribution in [0, 0.1) is 0 Å². The van der Waals surface area contributed by atoms with Crippen molar-refractivity contribution in [3.8, 4) is 11.5 Å². The van der Waals surface area contributed by atoms with E-state index in [1.165, 1.54) is 6.92 Å². The number of rotatable bonds is 6. The number of ether oxygens (including phenoxy) is 3. The summed E-state index contributed by atoms with van der Waals surface area (Å²) in [6.07, 6.45) is -0.371. The van der Waals surface area contributed by atoms with Crippen molar-refractivity contribution in [2.75, 3.05) is 6.61 Å². The molecule has 0 saturated carbocycles. The number of benzene rings is 2. The van der Waals surface area contributed by atoms with Gasteiger partial charge in [-0.05, 0) is 39.0 Å². The Balaban J connectivity index is 1.46. The summed E-state index contributed by atoms with van der Waals surface area (Å²) in [5.74, 6) is -0.807. The highest BCUT2D eigenvalue weighted by Crippen LogP contribution is 2.41. The van der Waals surface area contributed by atoms with Crippen molar-refractivity contribution in [2.24, 2.45) is 0 Å². The molecule has 1 aliphatic rings. The van der Waals surface area contributed by atoms with Crippen LogP contribution in [0.3, 0.4) is 0 Å². The Morgan fingerprint density at radius 2 is 1.80 bits per heavy atom. The summed E-state index contributed by atoms with van der Waals surface area (Å²) in [5, 5.41) is 0. The molecular weight excluding hydrogens is 388 g/mol. The number of esters is 1. The molecule has 158 valence electrons. The zero-order chi connectivity index (χ0) is 21.7. The molecule has 1 heterocycles. The Kier molecular flexibility index (Phi) is 6.25. The van der Waals surface area contributed by atoms with E-state index in [0.717, 1.165) is 12.0 Å². The lowest BCUT2D eigenvalue weighted by Crippen LogP contribution is -2.47. The molecule has 2 amide bonds. The summed E-state index contributed by atoms with van der Waals surface area (Å²) in [5.41, 5.74) is 5.55. The van der Waals surface area contributed by atoms with E-state index in [9.17, 15) is 14.4 Å². The average molecular weight is 412 g/mol. The lowest BCUT2D eigenvalue weighted by Gasteiger charge is -2.18. The minimum atomic E-state index is -1.12. The quantitative estimate of drug-likeness (QED) is 0.557. The Morgan fingerprint density at radius 3 is 2.53 bits per heavy atom. The van der Waals surface area contributed by atoms with Crippen LogP contribution >= 0.6 is 0 Å². The first kappa shape index (κ1) is 21.2. The highest BCUT2D eigenvalue weighted by Gasteiger charge is 2.32. The van der Waals surface area contributed by atoms with E-state index in [0.29, 0.717) is 17.1 Å². The Hall–Kier alpha value is -3.55. The van der Waals surface area contributed by atoms with Crippen LogP contribution in [0.15, 0.2) is 48.5 Å². The molecule has 2 aromatic carbocycles. The van der Waals surface area contributed by atoms with Crippen LogP contribution in [0.2, 0.25) is 0 Å². The molecule has 1 atom stereocenters. The number of hydrogen-bond donors (Lipinski definition) is 2. The first-order chi connectivity index (χ1) is 14.2. The highest BCUT2D eigenvalue weighted by molar-refractivity contribution is 5.95. The second-order valence-electron chi connectivity index (χ2n) is 7.51. The largest absolute Gasteiger partial charge is 0.483 e. The average Bonchev–Trinajstić information content (AvgIpc) is 3.05. The summed E-state index contributed by atoms with van der Waals surface area (Å²) >= 11 is 0. The van der Waals surface area contributed by atoms with Gasteiger partial charge in [0, 0.05) is 17.5 Å². The number of nitrogens with one attached hydrogen (secondary N) is 2. The maximum atomic E-state index is 12.1. The first-order valence-corrected chi connectivity index (χ1v) is 9.53. The van der Waals surface area contributed by atoms with E-state index >= 15 is 0 Å². The predicted molar refractivity (Wildman–Crippen MR) is 108 cm³/mol. The summed E-state index contributed by atoms with van der Waals surface area (Å²) in [6, 6.07) is 13.9. The van der Waals surface area contributed by atoms with Gasteiger partial charge in [-0.3, -0.25) is 20.4 Å². The molecular formula is C22H24N2O6. The molecule has 3 rings (SSSR count). The van der Waals surface area contributed by atoms with Crippen LogP contribution in [-0.2, 0) is 20.7 Å². The van der Waals surface area contributed by atoms with Crippen LogP contribution in [0.1, 0.15) is 36.7 Å². The minimum absolute atomic E-state index is 0.334. The van der Waals surface area contributed by atoms with Crippen molar-refractivity contribution in [3.63, 3.8) is 0 Å². The number of amides is 2. The topological polar surface area (TPSA) is 103 Å². The van der Waals surface area contributed by atoms with Gasteiger partial charge in [-0.2, -0.15) is 0 Å². The van der Waals surface area contributed by atoms with Crippen molar-refractivity contribution < 1.29 is 28.6 Å². The van der Waals surface area contributed by atoms with Gasteiger partial charge < -0.3 is 14.2 Å². The highest BCUT2D eigenvalue weighted by atomic mass is 16.6. The Bertz CT molecular complexity index is 942. The number of hydrazine groups is 1. The molecule has 2 aromatic rings. The number of carbonyl (C=O) groups excluding carboxylic acids is 3. The third-order valence-electron chi connectivity index (χ3n) is 4.41. The fraction of sp³-hybridized carbons (Fsp3) is 0.318. The standard InChI is InChI=1S/C22H24N2O6/c1-14(20(26)23-24-21(27)15-8-5-4-6-9-15)29-18(25)13-28-17-11-7-10-16-12-22(2,3)30-19(16)17/h4-11,14H,12-13H2,1-3H3,(H,23,26)(H,24,27)/t14-/m1/s1. The fourth-order valence-electron chi connectivity index (χ4n) is 3.00.